The summed E-state index contributed by atoms with van der Waals surface area (Å²) >= 11 is 0. The van der Waals surface area contributed by atoms with Crippen LogP contribution in [-0.4, -0.2) is 59.7 Å². The number of carbonyl (C=O) groups excluding carboxylic acids is 3. The van der Waals surface area contributed by atoms with Crippen LogP contribution in [0.5, 0.6) is 0 Å². The standard InChI is InChI=1S/C25H28N4O4/c30-23-9-8-22(24(31)27-23)29-16-20-19(25(29)32)2-1-3-21(20)26-14-17-4-6-18(7-5-17)15-28-10-12-33-13-11-28/h1-7,22,26H,8-16H2,(H,27,30,31)/t22-/m1/s1/i1D,2D,3D,4D,5D,6D,7D,10D2,11D2,12D2,13D2,14D2,15D2,16D2. The fraction of sp³-hybridized carbons (Fsp3) is 0.400. The zero-order valence-corrected chi connectivity index (χ0v) is 16.5. The molecule has 3 aliphatic heterocycles. The summed E-state index contributed by atoms with van der Waals surface area (Å²) < 4.78 is 181. The van der Waals surface area contributed by atoms with Gasteiger partial charge in [0, 0.05) is 63.9 Å². The van der Waals surface area contributed by atoms with Crippen molar-refractivity contribution in [1.82, 2.24) is 15.1 Å². The van der Waals surface area contributed by atoms with Crippen molar-refractivity contribution in [2.24, 2.45) is 0 Å². The van der Waals surface area contributed by atoms with Crippen molar-refractivity contribution in [1.29, 1.82) is 0 Å². The second kappa shape index (κ2) is 9.33. The third kappa shape index (κ3) is 4.62. The number of piperidine rings is 1. The Labute approximate surface area is 222 Å². The van der Waals surface area contributed by atoms with Crippen LogP contribution in [0.3, 0.4) is 0 Å². The largest absolute Gasteiger partial charge is 0.381 e. The first-order valence-corrected chi connectivity index (χ1v) is 9.45. The summed E-state index contributed by atoms with van der Waals surface area (Å²) in [7, 11) is 0. The Kier molecular flexibility index (Phi) is 2.32. The van der Waals surface area contributed by atoms with Gasteiger partial charge in [0.05, 0.1) is 33.7 Å². The van der Waals surface area contributed by atoms with Crippen LogP contribution in [0.15, 0.2) is 42.3 Å². The van der Waals surface area contributed by atoms with E-state index in [2.05, 4.69) is 4.74 Å². The number of hydrogen-bond donors (Lipinski definition) is 2. The molecule has 172 valence electrons. The number of rotatable bonds is 6. The second-order valence-corrected chi connectivity index (χ2v) is 6.73. The summed E-state index contributed by atoms with van der Waals surface area (Å²) in [5.41, 5.74) is -5.57. The molecule has 8 heteroatoms. The van der Waals surface area contributed by atoms with Crippen LogP contribution in [-0.2, 0) is 33.8 Å². The van der Waals surface area contributed by atoms with Gasteiger partial charge >= 0.3 is 0 Å². The lowest BCUT2D eigenvalue weighted by molar-refractivity contribution is -0.136. The maximum absolute atomic E-state index is 13.6. The normalized spacial score (nSPS) is 38.9. The summed E-state index contributed by atoms with van der Waals surface area (Å²) in [5.74, 6) is -3.14. The van der Waals surface area contributed by atoms with Crippen molar-refractivity contribution in [3.63, 3.8) is 0 Å². The lowest BCUT2D eigenvalue weighted by Gasteiger charge is -2.29. The van der Waals surface area contributed by atoms with Crippen molar-refractivity contribution in [2.75, 3.05) is 31.4 Å². The van der Waals surface area contributed by atoms with Gasteiger partial charge in [-0.3, -0.25) is 24.6 Å². The van der Waals surface area contributed by atoms with Crippen molar-refractivity contribution >= 4 is 23.4 Å². The first-order chi connectivity index (χ1) is 24.2. The highest BCUT2D eigenvalue weighted by atomic mass is 16.5. The first kappa shape index (κ1) is 8.21. The van der Waals surface area contributed by atoms with E-state index in [9.17, 15) is 14.4 Å². The quantitative estimate of drug-likeness (QED) is 0.628. The fourth-order valence-corrected chi connectivity index (χ4v) is 3.13. The molecule has 0 saturated carbocycles. The molecule has 2 aromatic carbocycles. The zero-order chi connectivity index (χ0) is 41.4. The van der Waals surface area contributed by atoms with Gasteiger partial charge in [0.1, 0.15) is 6.04 Å². The number of hydrogen-bond acceptors (Lipinski definition) is 6. The van der Waals surface area contributed by atoms with E-state index in [1.807, 2.05) is 10.6 Å². The molecule has 0 radical (unpaired) electrons. The van der Waals surface area contributed by atoms with Crippen molar-refractivity contribution in [3.8, 4) is 0 Å². The Morgan fingerprint density at radius 2 is 1.88 bits per heavy atom. The van der Waals surface area contributed by atoms with E-state index >= 15 is 0 Å². The molecule has 8 nitrogen and oxygen atoms in total. The average Bonchev–Trinajstić information content (AvgIpc) is 3.20. The van der Waals surface area contributed by atoms with Gasteiger partial charge in [-0.1, -0.05) is 30.2 Å². The van der Waals surface area contributed by atoms with Gasteiger partial charge in [-0.2, -0.15) is 0 Å². The Hall–Kier alpha value is -3.23. The Morgan fingerprint density at radius 1 is 1.12 bits per heavy atom. The van der Waals surface area contributed by atoms with Crippen LogP contribution in [0.1, 0.15) is 68.7 Å². The van der Waals surface area contributed by atoms with Crippen LogP contribution < -0.4 is 10.6 Å². The minimum absolute atomic E-state index is 0.320. The van der Waals surface area contributed by atoms with Crippen LogP contribution in [0.2, 0.25) is 0 Å². The molecule has 3 amide bonds. The zero-order valence-electron chi connectivity index (χ0n) is 37.5. The summed E-state index contributed by atoms with van der Waals surface area (Å²) in [6.07, 6.45) is -0.687. The van der Waals surface area contributed by atoms with Gasteiger partial charge in [0.15, 0.2) is 0 Å². The van der Waals surface area contributed by atoms with Crippen molar-refractivity contribution < 1.29 is 47.9 Å². The topological polar surface area (TPSA) is 91.0 Å². The number of morpholine rings is 1. The predicted octanol–water partition coefficient (Wildman–Crippen LogP) is 1.89. The molecular formula is C25H28N4O4. The highest BCUT2D eigenvalue weighted by Gasteiger charge is 2.39. The van der Waals surface area contributed by atoms with E-state index in [1.165, 1.54) is 0 Å². The average molecular weight is 470 g/mol. The minimum Gasteiger partial charge on any atom is -0.381 e. The molecule has 0 aliphatic carbocycles. The summed E-state index contributed by atoms with van der Waals surface area (Å²) in [6, 6.07) is -10.6. The van der Waals surface area contributed by atoms with Gasteiger partial charge < -0.3 is 15.0 Å². The molecule has 2 N–H and O–H groups in total. The molecule has 3 aliphatic rings. The molecule has 0 bridgehead atoms. The lowest BCUT2D eigenvalue weighted by Crippen LogP contribution is -2.52. The summed E-state index contributed by atoms with van der Waals surface area (Å²) in [4.78, 5) is 37.8. The van der Waals surface area contributed by atoms with E-state index in [0.717, 1.165) is 0 Å². The van der Waals surface area contributed by atoms with Gasteiger partial charge in [-0.25, -0.2) is 0 Å². The van der Waals surface area contributed by atoms with Gasteiger partial charge in [0.2, 0.25) is 11.8 Å². The van der Waals surface area contributed by atoms with Crippen LogP contribution in [0.25, 0.3) is 0 Å². The molecule has 3 heterocycles. The molecule has 0 aromatic heterocycles. The molecular weight excluding hydrogens is 420 g/mol. The number of fused-ring (bicyclic) bond motifs is 1. The highest BCUT2D eigenvalue weighted by Crippen LogP contribution is 2.32. The molecule has 0 unspecified atom stereocenters. The van der Waals surface area contributed by atoms with Gasteiger partial charge in [-0.05, 0) is 29.6 Å². The van der Waals surface area contributed by atoms with Crippen molar-refractivity contribution in [2.45, 2.75) is 38.4 Å². The summed E-state index contributed by atoms with van der Waals surface area (Å²) in [5, 5.41) is 3.97. The molecule has 2 fully saturated rings. The Balaban J connectivity index is 1.68. The molecule has 2 saturated heterocycles. The number of ether oxygens (including phenoxy) is 1. The van der Waals surface area contributed by atoms with Crippen LogP contribution in [0.4, 0.5) is 5.69 Å². The van der Waals surface area contributed by atoms with Gasteiger partial charge in [0.25, 0.3) is 5.91 Å². The van der Waals surface area contributed by atoms with E-state index in [-0.39, 0.29) is 12.8 Å². The lowest BCUT2D eigenvalue weighted by atomic mass is 10.0. The number of anilines is 1. The molecule has 33 heavy (non-hydrogen) atoms. The minimum atomic E-state index is -3.95. The molecule has 0 spiro atoms. The number of benzene rings is 2. The number of nitrogens with zero attached hydrogens (tertiary/aromatic N) is 2. The summed E-state index contributed by atoms with van der Waals surface area (Å²) in [6.45, 7) is -26.0. The monoisotopic (exact) mass is 469 g/mol. The SMILES string of the molecule is [2H]c1c([2H])c(NC([2H])([2H])c2c([2H])c([2H])c(C([2H])([2H])N3C([2H])([2H])C([2H])([2H])OC([2H])([2H])C3([2H])[2H])c([2H])c2[2H])c2c(c1[2H])C(=O)N([C@@H]1CCC(=O)NC1=O)C2([2H])[2H]. The number of carbonyl (C=O) groups is 3. The maximum Gasteiger partial charge on any atom is 0.255 e. The number of nitrogens with one attached hydrogen (secondary N) is 2. The Bertz CT molecular complexity index is 1970. The first-order valence-electron chi connectivity index (χ1n) is 19.9. The maximum atomic E-state index is 13.6. The van der Waals surface area contributed by atoms with Crippen LogP contribution >= 0.6 is 0 Å². The highest BCUT2D eigenvalue weighted by molar-refractivity contribution is 6.06. The van der Waals surface area contributed by atoms with Gasteiger partial charge in [-0.15, -0.1) is 0 Å². The molecule has 5 rings (SSSR count). The predicted molar refractivity (Wildman–Crippen MR) is 122 cm³/mol. The van der Waals surface area contributed by atoms with E-state index in [1.54, 1.807) is 0 Å². The third-order valence-corrected chi connectivity index (χ3v) is 4.64. The smallest absolute Gasteiger partial charge is 0.255 e. The molecule has 2 aromatic rings. The van der Waals surface area contributed by atoms with Crippen LogP contribution in [0, 0.1) is 0 Å². The Morgan fingerprint density at radius 3 is 2.64 bits per heavy atom. The molecule has 1 atom stereocenters. The van der Waals surface area contributed by atoms with E-state index in [4.69, 9.17) is 28.8 Å². The van der Waals surface area contributed by atoms with E-state index in [0.29, 0.717) is 4.90 Å². The van der Waals surface area contributed by atoms with Crippen molar-refractivity contribution in [3.05, 3.63) is 64.6 Å². The number of imide groups is 1. The fourth-order valence-electron chi connectivity index (χ4n) is 3.13. The second-order valence-electron chi connectivity index (χ2n) is 6.73. The van der Waals surface area contributed by atoms with E-state index < -0.39 is 145 Å². The third-order valence-electron chi connectivity index (χ3n) is 4.64. The number of amides is 3.